The fourth-order valence-corrected chi connectivity index (χ4v) is 11.9. The third-order valence-electron chi connectivity index (χ3n) is 14.3. The van der Waals surface area contributed by atoms with Gasteiger partial charge in [0.1, 0.15) is 0 Å². The zero-order valence-corrected chi connectivity index (χ0v) is 25.6. The topological polar surface area (TPSA) is 84.2 Å². The van der Waals surface area contributed by atoms with Crippen LogP contribution in [-0.2, 0) is 4.79 Å². The van der Waals surface area contributed by atoms with Gasteiger partial charge in [0, 0.05) is 67.0 Å². The molecule has 0 radical (unpaired) electrons. The van der Waals surface area contributed by atoms with Gasteiger partial charge in [-0.2, -0.15) is 0 Å². The first-order chi connectivity index (χ1) is 19.6. The molecule has 41 heavy (non-hydrogen) atoms. The molecule has 8 atom stereocenters. The highest BCUT2D eigenvalue weighted by molar-refractivity contribution is 6.00. The maximum Gasteiger partial charge on any atom is 0.162 e. The highest BCUT2D eigenvalue weighted by atomic mass is 16.3. The molecule has 7 aliphatic carbocycles. The van der Waals surface area contributed by atoms with Crippen molar-refractivity contribution < 1.29 is 20.1 Å². The van der Waals surface area contributed by atoms with Crippen molar-refractivity contribution in [1.29, 1.82) is 0 Å². The van der Waals surface area contributed by atoms with E-state index in [1.165, 1.54) is 6.42 Å². The van der Waals surface area contributed by atoms with Crippen LogP contribution in [0.3, 0.4) is 0 Å². The largest absolute Gasteiger partial charge is 0.395 e. The number of allylic oxidation sites excluding steroid dienone is 4. The van der Waals surface area contributed by atoms with Gasteiger partial charge >= 0.3 is 0 Å². The Kier molecular flexibility index (Phi) is 6.99. The Morgan fingerprint density at radius 3 is 2.27 bits per heavy atom. The first-order valence-corrected chi connectivity index (χ1v) is 17.0. The van der Waals surface area contributed by atoms with Gasteiger partial charge in [0.05, 0.1) is 18.3 Å². The van der Waals surface area contributed by atoms with Gasteiger partial charge in [-0.25, -0.2) is 0 Å². The van der Waals surface area contributed by atoms with Crippen LogP contribution in [0.2, 0.25) is 0 Å². The lowest BCUT2D eigenvalue weighted by Gasteiger charge is -2.71. The van der Waals surface area contributed by atoms with Crippen molar-refractivity contribution in [3.8, 4) is 0 Å². The molecular formula is C35H54N2O4. The molecule has 1 saturated heterocycles. The first kappa shape index (κ1) is 28.7. The maximum absolute atomic E-state index is 14.6. The number of hydrogen-bond acceptors (Lipinski definition) is 6. The lowest BCUT2D eigenvalue weighted by Crippen LogP contribution is -2.67. The highest BCUT2D eigenvalue weighted by Gasteiger charge is 2.74. The molecule has 0 amide bonds. The van der Waals surface area contributed by atoms with Crippen molar-refractivity contribution >= 4 is 5.78 Å². The molecule has 0 aromatic heterocycles. The fourth-order valence-electron chi connectivity index (χ4n) is 11.9. The van der Waals surface area contributed by atoms with Crippen LogP contribution in [-0.4, -0.2) is 88.5 Å². The van der Waals surface area contributed by atoms with Crippen molar-refractivity contribution in [2.24, 2.45) is 39.4 Å². The predicted octanol–water partition coefficient (Wildman–Crippen LogP) is 4.34. The second-order valence-corrected chi connectivity index (χ2v) is 15.9. The molecule has 8 rings (SSSR count). The molecule has 6 heteroatoms. The Balaban J connectivity index is 1.26. The number of nitrogens with zero attached hydrogens (tertiary/aromatic N) is 2. The van der Waals surface area contributed by atoms with Gasteiger partial charge in [-0.15, -0.1) is 0 Å². The number of ketones is 1. The molecule has 8 unspecified atom stereocenters. The standard InChI is InChI=1S/C35H54N2O4/c1-31-11-8-26(39)22-33(31)14-15-35(27(23-33)30(40)25-6-4-3-5-7-25)28(31)9-12-32(2)29(35)10-13-34(32,41)24-37-18-16-36(17-19-37)20-21-38/h14-15,23,25-26,28-29,38-39,41H,3-13,16-22,24H2,1-2H3. The van der Waals surface area contributed by atoms with E-state index >= 15 is 0 Å². The van der Waals surface area contributed by atoms with Crippen molar-refractivity contribution in [2.45, 2.75) is 103 Å². The third-order valence-corrected chi connectivity index (χ3v) is 14.3. The van der Waals surface area contributed by atoms with Crippen LogP contribution in [0, 0.1) is 39.4 Å². The SMILES string of the molecule is CC12CCC(O)CC13C=CC1(C(C(=O)C4CCCCC4)=C3)C2CCC2(C)C1CCC2(O)CN1CCN(CCO)CC1. The second kappa shape index (κ2) is 9.99. The van der Waals surface area contributed by atoms with E-state index in [1.54, 1.807) is 0 Å². The molecule has 8 aliphatic rings. The summed E-state index contributed by atoms with van der Waals surface area (Å²) < 4.78 is 0. The normalized spacial score (nSPS) is 48.4. The highest BCUT2D eigenvalue weighted by Crippen LogP contribution is 2.78. The summed E-state index contributed by atoms with van der Waals surface area (Å²) in [5.74, 6) is 1.19. The molecule has 228 valence electrons. The van der Waals surface area contributed by atoms with Crippen molar-refractivity contribution in [3.63, 3.8) is 0 Å². The Morgan fingerprint density at radius 2 is 1.54 bits per heavy atom. The minimum Gasteiger partial charge on any atom is -0.395 e. The zero-order chi connectivity index (χ0) is 28.7. The average molecular weight is 567 g/mol. The van der Waals surface area contributed by atoms with E-state index in [2.05, 4.69) is 41.9 Å². The summed E-state index contributed by atoms with van der Waals surface area (Å²) in [6.07, 6.45) is 19.1. The molecule has 0 aromatic carbocycles. The van der Waals surface area contributed by atoms with E-state index in [0.29, 0.717) is 18.2 Å². The van der Waals surface area contributed by atoms with Gasteiger partial charge in [0.25, 0.3) is 0 Å². The number of aliphatic hydroxyl groups excluding tert-OH is 2. The quantitative estimate of drug-likeness (QED) is 0.415. The number of hydrogen-bond donors (Lipinski definition) is 3. The van der Waals surface area contributed by atoms with Crippen molar-refractivity contribution in [2.75, 3.05) is 45.9 Å². The molecule has 6 nitrogen and oxygen atoms in total. The molecule has 0 aromatic rings. The van der Waals surface area contributed by atoms with Gasteiger partial charge in [-0.3, -0.25) is 14.6 Å². The van der Waals surface area contributed by atoms with Gasteiger partial charge in [0.2, 0.25) is 0 Å². The summed E-state index contributed by atoms with van der Waals surface area (Å²) in [5.41, 5.74) is -0.412. The summed E-state index contributed by atoms with van der Waals surface area (Å²) in [6, 6.07) is 0. The van der Waals surface area contributed by atoms with Crippen LogP contribution in [0.5, 0.6) is 0 Å². The lowest BCUT2D eigenvalue weighted by molar-refractivity contribution is -0.180. The monoisotopic (exact) mass is 566 g/mol. The maximum atomic E-state index is 14.6. The summed E-state index contributed by atoms with van der Waals surface area (Å²) in [5, 5.41) is 32.9. The Bertz CT molecular complexity index is 1110. The van der Waals surface area contributed by atoms with Crippen LogP contribution in [0.1, 0.15) is 90.9 Å². The van der Waals surface area contributed by atoms with Crippen molar-refractivity contribution in [3.05, 3.63) is 23.8 Å². The molecule has 3 N–H and O–H groups in total. The second-order valence-electron chi connectivity index (χ2n) is 15.9. The van der Waals surface area contributed by atoms with Gasteiger partial charge in [-0.05, 0) is 75.0 Å². The molecule has 4 saturated carbocycles. The van der Waals surface area contributed by atoms with Crippen molar-refractivity contribution in [1.82, 2.24) is 9.80 Å². The fraction of sp³-hybridized carbons (Fsp3) is 0.857. The number of β-amino-alcohol motifs (C(OH)–C–C–N with tert-alkyl or cyclic N) is 2. The number of piperazine rings is 1. The van der Waals surface area contributed by atoms with E-state index in [0.717, 1.165) is 109 Å². The zero-order valence-electron chi connectivity index (χ0n) is 25.6. The van der Waals surface area contributed by atoms with E-state index in [1.807, 2.05) is 0 Å². The van der Waals surface area contributed by atoms with Crippen LogP contribution in [0.25, 0.3) is 0 Å². The Hall–Kier alpha value is -1.05. The molecular weight excluding hydrogens is 512 g/mol. The lowest BCUT2D eigenvalue weighted by atomic mass is 9.32. The summed E-state index contributed by atoms with van der Waals surface area (Å²) >= 11 is 0. The molecule has 1 aliphatic heterocycles. The third kappa shape index (κ3) is 3.96. The Labute approximate surface area is 247 Å². The number of aliphatic hydroxyl groups is 3. The molecule has 2 spiro atoms. The van der Waals surface area contributed by atoms with Gasteiger partial charge < -0.3 is 15.3 Å². The van der Waals surface area contributed by atoms with Gasteiger partial charge in [0.15, 0.2) is 5.78 Å². The van der Waals surface area contributed by atoms with E-state index < -0.39 is 5.60 Å². The number of Topliss-reactive ketones (excluding diaryl/α,β-unsaturated/α-hetero) is 1. The number of carbonyl (C=O) groups excluding carboxylic acids is 1. The molecule has 2 bridgehead atoms. The number of rotatable bonds is 6. The minimum absolute atomic E-state index is 0.0440. The minimum atomic E-state index is -0.765. The van der Waals surface area contributed by atoms with Crippen LogP contribution >= 0.6 is 0 Å². The number of fused-ring (bicyclic) bond motifs is 1. The van der Waals surface area contributed by atoms with Crippen LogP contribution in [0.4, 0.5) is 0 Å². The molecule has 5 fully saturated rings. The number of carbonyl (C=O) groups is 1. The summed E-state index contributed by atoms with van der Waals surface area (Å²) in [7, 11) is 0. The van der Waals surface area contributed by atoms with E-state index in [-0.39, 0.29) is 46.2 Å². The van der Waals surface area contributed by atoms with Gasteiger partial charge in [-0.1, -0.05) is 51.3 Å². The van der Waals surface area contributed by atoms with Crippen LogP contribution in [0.15, 0.2) is 23.8 Å². The average Bonchev–Trinajstić information content (AvgIpc) is 3.24. The summed E-state index contributed by atoms with van der Waals surface area (Å²) in [4.78, 5) is 19.4. The first-order valence-electron chi connectivity index (χ1n) is 17.0. The predicted molar refractivity (Wildman–Crippen MR) is 160 cm³/mol. The smallest absolute Gasteiger partial charge is 0.162 e. The Morgan fingerprint density at radius 1 is 0.878 bits per heavy atom. The molecule has 1 heterocycles. The van der Waals surface area contributed by atoms with E-state index in [4.69, 9.17) is 0 Å². The van der Waals surface area contributed by atoms with E-state index in [9.17, 15) is 20.1 Å². The van der Waals surface area contributed by atoms with Crippen LogP contribution < -0.4 is 0 Å². The summed E-state index contributed by atoms with van der Waals surface area (Å²) in [6.45, 7) is 10.3.